The molecule has 1 amide bonds. The fourth-order valence-corrected chi connectivity index (χ4v) is 3.98. The lowest BCUT2D eigenvalue weighted by Gasteiger charge is -2.45. The van der Waals surface area contributed by atoms with Gasteiger partial charge in [0.1, 0.15) is 11.6 Å². The fraction of sp³-hybridized carbons (Fsp3) is 0.812. The Kier molecular flexibility index (Phi) is 5.02. The first-order valence-corrected chi connectivity index (χ1v) is 8.27. The molecular weight excluding hydrogens is 286 g/mol. The maximum atomic E-state index is 12.8. The number of likely N-dealkylation sites (tertiary alicyclic amines) is 1. The molecule has 1 saturated heterocycles. The van der Waals surface area contributed by atoms with Crippen molar-refractivity contribution in [2.45, 2.75) is 69.9 Å². The van der Waals surface area contributed by atoms with E-state index in [1.807, 2.05) is 0 Å². The van der Waals surface area contributed by atoms with Crippen LogP contribution in [0, 0.1) is 0 Å². The Morgan fingerprint density at radius 2 is 1.77 bits per heavy atom. The van der Waals surface area contributed by atoms with Crippen molar-refractivity contribution in [3.63, 3.8) is 0 Å². The van der Waals surface area contributed by atoms with Crippen molar-refractivity contribution >= 4 is 17.7 Å². The van der Waals surface area contributed by atoms with Crippen molar-refractivity contribution in [1.29, 1.82) is 0 Å². The molecule has 2 aliphatic rings. The monoisotopic (exact) mass is 311 g/mol. The molecule has 2 atom stereocenters. The van der Waals surface area contributed by atoms with E-state index in [-0.39, 0.29) is 19.4 Å². The highest BCUT2D eigenvalue weighted by Gasteiger charge is 2.53. The van der Waals surface area contributed by atoms with Crippen LogP contribution in [0.25, 0.3) is 0 Å². The third-order valence-corrected chi connectivity index (χ3v) is 5.42. The van der Waals surface area contributed by atoms with Gasteiger partial charge in [-0.05, 0) is 32.6 Å². The molecule has 1 saturated carbocycles. The van der Waals surface area contributed by atoms with Gasteiger partial charge in [0.05, 0.1) is 19.1 Å². The molecule has 0 aromatic carbocycles. The van der Waals surface area contributed by atoms with Crippen molar-refractivity contribution in [2.75, 3.05) is 13.1 Å². The SMILES string of the molecule is CC[N+]1(C(=O)C(=O)C2(O)CCCCC2)CCCCC1C(=O)[O-]. The predicted octanol–water partition coefficient (Wildman–Crippen LogP) is -0.0836. The van der Waals surface area contributed by atoms with Gasteiger partial charge in [0.15, 0.2) is 0 Å². The number of amides is 1. The van der Waals surface area contributed by atoms with E-state index >= 15 is 0 Å². The summed E-state index contributed by atoms with van der Waals surface area (Å²) in [6.45, 7) is 2.28. The highest BCUT2D eigenvalue weighted by Crippen LogP contribution is 2.33. The van der Waals surface area contributed by atoms with E-state index in [1.54, 1.807) is 6.92 Å². The molecule has 124 valence electrons. The number of carboxylic acids is 1. The number of aliphatic carboxylic acids is 1. The molecule has 0 aromatic rings. The zero-order chi connectivity index (χ0) is 16.4. The number of ketones is 1. The first-order valence-electron chi connectivity index (χ1n) is 8.27. The lowest BCUT2D eigenvalue weighted by Crippen LogP contribution is -2.70. The van der Waals surface area contributed by atoms with Crippen molar-refractivity contribution in [2.24, 2.45) is 0 Å². The van der Waals surface area contributed by atoms with Gasteiger partial charge in [-0.1, -0.05) is 19.3 Å². The van der Waals surface area contributed by atoms with Gasteiger partial charge in [0, 0.05) is 6.42 Å². The second kappa shape index (κ2) is 6.46. The second-order valence-electron chi connectivity index (χ2n) is 6.63. The minimum Gasteiger partial charge on any atom is -0.544 e. The highest BCUT2D eigenvalue weighted by molar-refractivity contribution is 6.36. The summed E-state index contributed by atoms with van der Waals surface area (Å²) < 4.78 is -0.399. The third-order valence-electron chi connectivity index (χ3n) is 5.42. The van der Waals surface area contributed by atoms with Crippen LogP contribution in [0.4, 0.5) is 0 Å². The molecule has 1 aliphatic heterocycles. The van der Waals surface area contributed by atoms with Gasteiger partial charge in [0.25, 0.3) is 5.78 Å². The first kappa shape index (κ1) is 17.1. The summed E-state index contributed by atoms with van der Waals surface area (Å²) in [5.74, 6) is -2.83. The van der Waals surface area contributed by atoms with Gasteiger partial charge in [-0.2, -0.15) is 0 Å². The van der Waals surface area contributed by atoms with Crippen LogP contribution in [0.5, 0.6) is 0 Å². The van der Waals surface area contributed by atoms with E-state index in [2.05, 4.69) is 0 Å². The van der Waals surface area contributed by atoms with Gasteiger partial charge in [-0.25, -0.2) is 9.28 Å². The molecule has 6 nitrogen and oxygen atoms in total. The zero-order valence-electron chi connectivity index (χ0n) is 13.2. The number of Topliss-reactive ketones (excluding diaryl/α,β-unsaturated/α-hetero) is 1. The summed E-state index contributed by atoms with van der Waals surface area (Å²) in [6, 6.07) is -0.984. The van der Waals surface area contributed by atoms with Gasteiger partial charge < -0.3 is 15.0 Å². The quantitative estimate of drug-likeness (QED) is 0.579. The number of rotatable bonds is 4. The Balaban J connectivity index is 2.30. The number of aliphatic hydroxyl groups is 1. The van der Waals surface area contributed by atoms with E-state index < -0.39 is 33.8 Å². The Morgan fingerprint density at radius 1 is 1.14 bits per heavy atom. The van der Waals surface area contributed by atoms with Crippen molar-refractivity contribution < 1.29 is 29.1 Å². The lowest BCUT2D eigenvalue weighted by molar-refractivity contribution is -0.873. The average Bonchev–Trinajstić information content (AvgIpc) is 2.53. The number of likely N-dealkylation sites (N-methyl/N-ethyl adjacent to an activating group) is 1. The van der Waals surface area contributed by atoms with E-state index in [9.17, 15) is 24.6 Å². The molecule has 0 radical (unpaired) electrons. The third kappa shape index (κ3) is 2.82. The Hall–Kier alpha value is -1.27. The van der Waals surface area contributed by atoms with Crippen LogP contribution >= 0.6 is 0 Å². The standard InChI is InChI=1S/C16H25NO5/c1-2-17(11-7-4-8-12(17)15(20)21)14(19)13(18)16(22)9-5-3-6-10-16/h12,22H,2-11H2,1H3. The summed E-state index contributed by atoms with van der Waals surface area (Å²) in [7, 11) is 0. The topological polar surface area (TPSA) is 94.5 Å². The van der Waals surface area contributed by atoms with E-state index in [1.165, 1.54) is 0 Å². The molecule has 1 N–H and O–H groups in total. The Morgan fingerprint density at radius 3 is 2.32 bits per heavy atom. The van der Waals surface area contributed by atoms with Gasteiger partial charge in [-0.15, -0.1) is 0 Å². The molecule has 0 aromatic heterocycles. The molecule has 1 heterocycles. The molecule has 2 rings (SSSR count). The summed E-state index contributed by atoms with van der Waals surface area (Å²) in [5.41, 5.74) is -1.61. The molecule has 0 bridgehead atoms. The fourth-order valence-electron chi connectivity index (χ4n) is 3.98. The van der Waals surface area contributed by atoms with Crippen LogP contribution in [-0.2, 0) is 14.4 Å². The zero-order valence-corrected chi connectivity index (χ0v) is 13.2. The summed E-state index contributed by atoms with van der Waals surface area (Å²) in [6.07, 6.45) is 4.71. The van der Waals surface area contributed by atoms with Crippen molar-refractivity contribution in [3.8, 4) is 0 Å². The van der Waals surface area contributed by atoms with Gasteiger partial charge >= 0.3 is 5.91 Å². The molecule has 2 fully saturated rings. The van der Waals surface area contributed by atoms with Crippen LogP contribution in [-0.4, -0.2) is 52.0 Å². The number of carbonyl (C=O) groups excluding carboxylic acids is 3. The van der Waals surface area contributed by atoms with Crippen molar-refractivity contribution in [3.05, 3.63) is 0 Å². The Bertz CT molecular complexity index is 469. The number of piperidine rings is 1. The lowest BCUT2D eigenvalue weighted by atomic mass is 9.80. The van der Waals surface area contributed by atoms with Crippen LogP contribution < -0.4 is 5.11 Å². The predicted molar refractivity (Wildman–Crippen MR) is 76.4 cm³/mol. The summed E-state index contributed by atoms with van der Waals surface area (Å²) >= 11 is 0. The van der Waals surface area contributed by atoms with E-state index in [4.69, 9.17) is 0 Å². The first-order chi connectivity index (χ1) is 10.4. The molecule has 2 unspecified atom stereocenters. The largest absolute Gasteiger partial charge is 0.544 e. The smallest absolute Gasteiger partial charge is 0.385 e. The number of quaternary nitrogens is 1. The maximum absolute atomic E-state index is 12.8. The minimum atomic E-state index is -1.61. The van der Waals surface area contributed by atoms with Crippen LogP contribution in [0.3, 0.4) is 0 Å². The van der Waals surface area contributed by atoms with Crippen LogP contribution in [0.1, 0.15) is 58.3 Å². The minimum absolute atomic E-state index is 0.235. The number of hydrogen-bond acceptors (Lipinski definition) is 5. The van der Waals surface area contributed by atoms with Gasteiger partial charge in [0.2, 0.25) is 0 Å². The average molecular weight is 311 g/mol. The number of hydrogen-bond donors (Lipinski definition) is 1. The second-order valence-corrected chi connectivity index (χ2v) is 6.63. The normalized spacial score (nSPS) is 31.5. The molecule has 0 spiro atoms. The molecular formula is C16H25NO5. The number of carbonyl (C=O) groups is 3. The number of nitrogens with zero attached hydrogens (tertiary/aromatic N) is 1. The molecule has 22 heavy (non-hydrogen) atoms. The number of carboxylic acid groups (broad SMARTS) is 1. The molecule has 6 heteroatoms. The highest BCUT2D eigenvalue weighted by atomic mass is 16.4. The van der Waals surface area contributed by atoms with E-state index in [0.717, 1.165) is 6.42 Å². The Labute approximate surface area is 130 Å². The van der Waals surface area contributed by atoms with E-state index in [0.29, 0.717) is 38.6 Å². The maximum Gasteiger partial charge on any atom is 0.385 e. The van der Waals surface area contributed by atoms with Crippen LogP contribution in [0.15, 0.2) is 0 Å². The van der Waals surface area contributed by atoms with Gasteiger partial charge in [-0.3, -0.25) is 4.79 Å². The summed E-state index contributed by atoms with van der Waals surface area (Å²) in [4.78, 5) is 36.9. The summed E-state index contributed by atoms with van der Waals surface area (Å²) in [5, 5.41) is 22.0. The van der Waals surface area contributed by atoms with Crippen LogP contribution in [0.2, 0.25) is 0 Å². The molecule has 1 aliphatic carbocycles. The van der Waals surface area contributed by atoms with Crippen molar-refractivity contribution in [1.82, 2.24) is 0 Å².